The van der Waals surface area contributed by atoms with Crippen LogP contribution in [-0.2, 0) is 26.0 Å². The zero-order valence-corrected chi connectivity index (χ0v) is 32.1. The standard InChI is InChI=1S/C40H49Cl2N5O4/c1-7-51-34-26-30(38(2,3)4)12-17-33(34)36-43-39(5,28-8-13-31(41)14-9-28)40(6,29-10-15-32(42)16-11-29)47(36)37(49)46-20-18-44(19-21-46)27-35(48)45-22-24-50-25-23-45/h8-17,26H,7,18-25,27H2,1-6H3/t39-,40-/m0/s1. The van der Waals surface area contributed by atoms with Gasteiger partial charge >= 0.3 is 6.03 Å². The molecule has 3 aliphatic heterocycles. The summed E-state index contributed by atoms with van der Waals surface area (Å²) in [5.41, 5.74) is 1.59. The topological polar surface area (TPSA) is 77.9 Å². The first kappa shape index (κ1) is 37.1. The van der Waals surface area contributed by atoms with Crippen LogP contribution in [0.15, 0.2) is 71.7 Å². The molecule has 0 saturated carbocycles. The maximum Gasteiger partial charge on any atom is 0.326 e. The smallest absolute Gasteiger partial charge is 0.326 e. The van der Waals surface area contributed by atoms with Crippen molar-refractivity contribution in [2.45, 2.75) is 58.0 Å². The van der Waals surface area contributed by atoms with Gasteiger partial charge < -0.3 is 19.3 Å². The molecule has 0 unspecified atom stereocenters. The molecular weight excluding hydrogens is 685 g/mol. The van der Waals surface area contributed by atoms with Gasteiger partial charge in [0.05, 0.1) is 31.9 Å². The number of amides is 3. The van der Waals surface area contributed by atoms with E-state index in [2.05, 4.69) is 51.7 Å². The number of aliphatic imine (C=N–C) groups is 1. The number of morpholine rings is 1. The normalized spacial score (nSPS) is 23.0. The lowest BCUT2D eigenvalue weighted by atomic mass is 9.71. The summed E-state index contributed by atoms with van der Waals surface area (Å²) in [6.07, 6.45) is 0. The van der Waals surface area contributed by atoms with Crippen LogP contribution in [0.5, 0.6) is 5.75 Å². The Labute approximate surface area is 312 Å². The molecule has 2 saturated heterocycles. The summed E-state index contributed by atoms with van der Waals surface area (Å²) >= 11 is 12.8. The molecule has 51 heavy (non-hydrogen) atoms. The number of carbonyl (C=O) groups excluding carboxylic acids is 2. The Bertz CT molecular complexity index is 1760. The summed E-state index contributed by atoms with van der Waals surface area (Å²) in [6.45, 7) is 17.9. The predicted molar refractivity (Wildman–Crippen MR) is 203 cm³/mol. The van der Waals surface area contributed by atoms with Gasteiger partial charge in [0.1, 0.15) is 22.7 Å². The zero-order valence-electron chi connectivity index (χ0n) is 30.5. The fourth-order valence-electron chi connectivity index (χ4n) is 7.36. The van der Waals surface area contributed by atoms with Crippen LogP contribution in [0.4, 0.5) is 4.79 Å². The van der Waals surface area contributed by atoms with Gasteiger partial charge in [-0.15, -0.1) is 0 Å². The van der Waals surface area contributed by atoms with Crippen molar-refractivity contribution in [1.82, 2.24) is 19.6 Å². The minimum atomic E-state index is -1.01. The third-order valence-electron chi connectivity index (χ3n) is 10.7. The summed E-state index contributed by atoms with van der Waals surface area (Å²) < 4.78 is 11.7. The number of nitrogens with zero attached hydrogens (tertiary/aromatic N) is 5. The van der Waals surface area contributed by atoms with E-state index in [1.807, 2.05) is 76.2 Å². The van der Waals surface area contributed by atoms with Crippen molar-refractivity contribution in [3.63, 3.8) is 0 Å². The highest BCUT2D eigenvalue weighted by molar-refractivity contribution is 6.30. The van der Waals surface area contributed by atoms with Gasteiger partial charge in [-0.1, -0.05) is 74.3 Å². The number of benzene rings is 3. The molecular formula is C40H49Cl2N5O4. The van der Waals surface area contributed by atoms with Crippen LogP contribution in [0.2, 0.25) is 10.0 Å². The van der Waals surface area contributed by atoms with Gasteiger partial charge in [0.2, 0.25) is 5.91 Å². The molecule has 272 valence electrons. The molecule has 9 nitrogen and oxygen atoms in total. The average molecular weight is 735 g/mol. The van der Waals surface area contributed by atoms with Crippen molar-refractivity contribution >= 4 is 41.0 Å². The molecule has 0 aliphatic carbocycles. The first-order valence-corrected chi connectivity index (χ1v) is 18.6. The number of halogens is 2. The summed E-state index contributed by atoms with van der Waals surface area (Å²) in [4.78, 5) is 41.6. The SMILES string of the molecule is CCOc1cc(C(C)(C)C)ccc1C1=N[C@@](C)(c2ccc(Cl)cc2)[C@](C)(c2ccc(Cl)cc2)N1C(=O)N1CCN(CC(=O)N2CCOCC2)CC1. The minimum Gasteiger partial charge on any atom is -0.493 e. The number of hydrogen-bond acceptors (Lipinski definition) is 6. The lowest BCUT2D eigenvalue weighted by molar-refractivity contribution is -0.136. The molecule has 6 rings (SSSR count). The highest BCUT2D eigenvalue weighted by atomic mass is 35.5. The van der Waals surface area contributed by atoms with E-state index in [-0.39, 0.29) is 17.4 Å². The molecule has 2 atom stereocenters. The summed E-state index contributed by atoms with van der Waals surface area (Å²) in [5.74, 6) is 1.30. The third kappa shape index (κ3) is 7.23. The predicted octanol–water partition coefficient (Wildman–Crippen LogP) is 7.18. The number of urea groups is 1. The molecule has 0 bridgehead atoms. The maximum absolute atomic E-state index is 15.3. The van der Waals surface area contributed by atoms with E-state index in [0.717, 1.165) is 22.3 Å². The first-order valence-electron chi connectivity index (χ1n) is 17.8. The van der Waals surface area contributed by atoms with Gasteiger partial charge in [-0.25, -0.2) is 4.79 Å². The van der Waals surface area contributed by atoms with Crippen LogP contribution in [-0.4, -0.2) is 103 Å². The van der Waals surface area contributed by atoms with Crippen LogP contribution in [0.3, 0.4) is 0 Å². The Morgan fingerprint density at radius 2 is 1.41 bits per heavy atom. The fourth-order valence-corrected chi connectivity index (χ4v) is 7.61. The number of piperazine rings is 1. The summed E-state index contributed by atoms with van der Waals surface area (Å²) in [7, 11) is 0. The maximum atomic E-state index is 15.3. The van der Waals surface area contributed by atoms with Gasteiger partial charge in [-0.05, 0) is 79.3 Å². The Hall–Kier alpha value is -3.63. The molecule has 3 amide bonds. The second-order valence-corrected chi connectivity index (χ2v) is 15.7. The molecule has 0 spiro atoms. The van der Waals surface area contributed by atoms with E-state index in [4.69, 9.17) is 37.7 Å². The van der Waals surface area contributed by atoms with Crippen molar-refractivity contribution < 1.29 is 19.1 Å². The highest BCUT2D eigenvalue weighted by Crippen LogP contribution is 2.54. The molecule has 11 heteroatoms. The van der Waals surface area contributed by atoms with Crippen LogP contribution in [0.1, 0.15) is 63.8 Å². The molecule has 3 aromatic rings. The monoisotopic (exact) mass is 733 g/mol. The van der Waals surface area contributed by atoms with E-state index in [0.29, 0.717) is 87.3 Å². The molecule has 2 fully saturated rings. The van der Waals surface area contributed by atoms with Crippen molar-refractivity contribution in [3.8, 4) is 5.75 Å². The molecule has 0 radical (unpaired) electrons. The lowest BCUT2D eigenvalue weighted by Gasteiger charge is -2.47. The lowest BCUT2D eigenvalue weighted by Crippen LogP contribution is -2.61. The van der Waals surface area contributed by atoms with Crippen LogP contribution in [0.25, 0.3) is 0 Å². The third-order valence-corrected chi connectivity index (χ3v) is 11.2. The number of rotatable bonds is 7. The van der Waals surface area contributed by atoms with Crippen molar-refractivity contribution in [2.24, 2.45) is 4.99 Å². The van der Waals surface area contributed by atoms with Crippen molar-refractivity contribution in [3.05, 3.63) is 99.0 Å². The van der Waals surface area contributed by atoms with Crippen LogP contribution >= 0.6 is 23.2 Å². The molecule has 3 aromatic carbocycles. The number of hydrogen-bond donors (Lipinski definition) is 0. The van der Waals surface area contributed by atoms with Gasteiger partial charge in [-0.2, -0.15) is 0 Å². The number of carbonyl (C=O) groups is 2. The first-order chi connectivity index (χ1) is 24.3. The van der Waals surface area contributed by atoms with Crippen LogP contribution < -0.4 is 4.74 Å². The van der Waals surface area contributed by atoms with E-state index in [1.54, 1.807) is 0 Å². The van der Waals surface area contributed by atoms with Crippen molar-refractivity contribution in [2.75, 3.05) is 65.6 Å². The minimum absolute atomic E-state index is 0.100. The Balaban J connectivity index is 1.44. The van der Waals surface area contributed by atoms with E-state index in [1.165, 1.54) is 0 Å². The molecule has 0 N–H and O–H groups in total. The van der Waals surface area contributed by atoms with Gasteiger partial charge in [-0.3, -0.25) is 19.6 Å². The summed E-state index contributed by atoms with van der Waals surface area (Å²) in [5, 5.41) is 1.22. The average Bonchev–Trinajstić information content (AvgIpc) is 3.36. The zero-order chi connectivity index (χ0) is 36.6. The largest absolute Gasteiger partial charge is 0.493 e. The molecule has 0 aromatic heterocycles. The summed E-state index contributed by atoms with van der Waals surface area (Å²) in [6, 6.07) is 21.4. The second kappa shape index (κ2) is 14.8. The van der Waals surface area contributed by atoms with E-state index in [9.17, 15) is 4.79 Å². The Morgan fingerprint density at radius 1 is 0.824 bits per heavy atom. The van der Waals surface area contributed by atoms with E-state index < -0.39 is 11.1 Å². The van der Waals surface area contributed by atoms with Crippen molar-refractivity contribution in [1.29, 1.82) is 0 Å². The van der Waals surface area contributed by atoms with E-state index >= 15 is 4.79 Å². The second-order valence-electron chi connectivity index (χ2n) is 14.9. The van der Waals surface area contributed by atoms with Gasteiger partial charge in [0, 0.05) is 49.3 Å². The number of amidine groups is 1. The quantitative estimate of drug-likeness (QED) is 0.257. The molecule has 3 heterocycles. The van der Waals surface area contributed by atoms with Crippen LogP contribution in [0, 0.1) is 0 Å². The van der Waals surface area contributed by atoms with Gasteiger partial charge in [0.15, 0.2) is 0 Å². The number of ether oxygens (including phenoxy) is 2. The Morgan fingerprint density at radius 3 is 1.98 bits per heavy atom. The van der Waals surface area contributed by atoms with Gasteiger partial charge in [0.25, 0.3) is 0 Å². The molecule has 3 aliphatic rings. The Kier molecular flexibility index (Phi) is 10.8. The fraction of sp³-hybridized carbons (Fsp3) is 0.475. The highest BCUT2D eigenvalue weighted by Gasteiger charge is 2.60.